The molecule has 0 saturated carbocycles. The molecule has 0 amide bonds. The highest BCUT2D eigenvalue weighted by molar-refractivity contribution is 5.60. The van der Waals surface area contributed by atoms with Crippen molar-refractivity contribution in [3.63, 3.8) is 0 Å². The molecule has 0 atom stereocenters. The normalized spacial score (nSPS) is 10.4. The van der Waals surface area contributed by atoms with E-state index in [0.29, 0.717) is 13.0 Å². The van der Waals surface area contributed by atoms with Gasteiger partial charge in [-0.3, -0.25) is 19.3 Å². The molecule has 2 rings (SSSR count). The Morgan fingerprint density at radius 1 is 1.42 bits per heavy atom. The maximum absolute atomic E-state index is 11.6. The van der Waals surface area contributed by atoms with Gasteiger partial charge in [-0.25, -0.2) is 4.79 Å². The van der Waals surface area contributed by atoms with E-state index in [4.69, 9.17) is 5.73 Å². The number of hydrogen-bond acceptors (Lipinski definition) is 5. The van der Waals surface area contributed by atoms with E-state index >= 15 is 0 Å². The van der Waals surface area contributed by atoms with Crippen LogP contribution in [0.1, 0.15) is 5.69 Å². The van der Waals surface area contributed by atoms with Crippen molar-refractivity contribution in [1.82, 2.24) is 14.5 Å². The highest BCUT2D eigenvalue weighted by Crippen LogP contribution is 2.08. The van der Waals surface area contributed by atoms with E-state index in [1.807, 2.05) is 18.2 Å². The van der Waals surface area contributed by atoms with Gasteiger partial charge in [0.05, 0.1) is 0 Å². The monoisotopic (exact) mass is 261 g/mol. The Bertz CT molecular complexity index is 675. The standard InChI is InChI=1S/C12H15N5O2/c1-17-10(13)9(11(18)16-12(17)19)15-7-5-8-4-2-3-6-14-8/h2-4,6,15H,5,7,13H2,1H3,(H,16,18,19). The smallest absolute Gasteiger partial charge is 0.329 e. The lowest BCUT2D eigenvalue weighted by Gasteiger charge is -2.10. The van der Waals surface area contributed by atoms with E-state index in [9.17, 15) is 9.59 Å². The molecule has 2 heterocycles. The van der Waals surface area contributed by atoms with Crippen LogP contribution in [0.2, 0.25) is 0 Å². The maximum Gasteiger partial charge on any atom is 0.329 e. The molecule has 0 aromatic carbocycles. The number of nitrogen functional groups attached to an aromatic ring is 1. The van der Waals surface area contributed by atoms with Gasteiger partial charge in [0.1, 0.15) is 11.5 Å². The van der Waals surface area contributed by atoms with Crippen LogP contribution in [0.5, 0.6) is 0 Å². The van der Waals surface area contributed by atoms with E-state index in [0.717, 1.165) is 5.69 Å². The maximum atomic E-state index is 11.6. The summed E-state index contributed by atoms with van der Waals surface area (Å²) in [5, 5.41) is 2.93. The van der Waals surface area contributed by atoms with Gasteiger partial charge in [0.15, 0.2) is 0 Å². The van der Waals surface area contributed by atoms with Crippen LogP contribution in [0.25, 0.3) is 0 Å². The number of hydrogen-bond donors (Lipinski definition) is 3. The fourth-order valence-corrected chi connectivity index (χ4v) is 1.67. The molecular formula is C12H15N5O2. The van der Waals surface area contributed by atoms with Crippen LogP contribution in [-0.4, -0.2) is 21.1 Å². The number of pyridine rings is 1. The molecule has 7 heteroatoms. The second kappa shape index (κ2) is 5.38. The summed E-state index contributed by atoms with van der Waals surface area (Å²) in [5.41, 5.74) is 5.80. The Morgan fingerprint density at radius 3 is 2.89 bits per heavy atom. The van der Waals surface area contributed by atoms with Crippen LogP contribution in [0.3, 0.4) is 0 Å². The molecule has 4 N–H and O–H groups in total. The highest BCUT2D eigenvalue weighted by atomic mass is 16.2. The first kappa shape index (κ1) is 12.9. The quantitative estimate of drug-likeness (QED) is 0.701. The SMILES string of the molecule is Cn1c(N)c(NCCc2ccccn2)c(=O)[nH]c1=O. The first-order valence-corrected chi connectivity index (χ1v) is 5.82. The van der Waals surface area contributed by atoms with Crippen LogP contribution >= 0.6 is 0 Å². The molecule has 0 saturated heterocycles. The van der Waals surface area contributed by atoms with Crippen molar-refractivity contribution in [2.45, 2.75) is 6.42 Å². The lowest BCUT2D eigenvalue weighted by atomic mass is 10.2. The number of aromatic nitrogens is 3. The largest absolute Gasteiger partial charge is 0.383 e. The molecule has 2 aromatic rings. The number of nitrogens with one attached hydrogen (secondary N) is 2. The molecule has 19 heavy (non-hydrogen) atoms. The van der Waals surface area contributed by atoms with Crippen molar-refractivity contribution in [3.8, 4) is 0 Å². The first-order valence-electron chi connectivity index (χ1n) is 5.82. The third-order valence-corrected chi connectivity index (χ3v) is 2.78. The summed E-state index contributed by atoms with van der Waals surface area (Å²) in [5.74, 6) is 0.120. The number of H-pyrrole nitrogens is 1. The number of nitrogens with two attached hydrogens (primary N) is 1. The molecule has 0 aliphatic rings. The van der Waals surface area contributed by atoms with Gasteiger partial charge >= 0.3 is 5.69 Å². The molecule has 0 unspecified atom stereocenters. The van der Waals surface area contributed by atoms with Gasteiger partial charge in [0, 0.05) is 31.9 Å². The van der Waals surface area contributed by atoms with Gasteiger partial charge in [-0.1, -0.05) is 6.07 Å². The Morgan fingerprint density at radius 2 is 2.21 bits per heavy atom. The van der Waals surface area contributed by atoms with Gasteiger partial charge in [-0.15, -0.1) is 0 Å². The van der Waals surface area contributed by atoms with E-state index in [1.165, 1.54) is 11.6 Å². The summed E-state index contributed by atoms with van der Waals surface area (Å²) >= 11 is 0. The molecule has 0 bridgehead atoms. The molecule has 0 spiro atoms. The Labute approximate surface area is 109 Å². The number of nitrogens with zero attached hydrogens (tertiary/aromatic N) is 2. The highest BCUT2D eigenvalue weighted by Gasteiger charge is 2.08. The summed E-state index contributed by atoms with van der Waals surface area (Å²) < 4.78 is 1.19. The van der Waals surface area contributed by atoms with E-state index in [-0.39, 0.29) is 11.5 Å². The molecular weight excluding hydrogens is 246 g/mol. The van der Waals surface area contributed by atoms with Crippen molar-refractivity contribution in [2.24, 2.45) is 7.05 Å². The topological polar surface area (TPSA) is 106 Å². The Kier molecular flexibility index (Phi) is 3.65. The molecule has 100 valence electrons. The van der Waals surface area contributed by atoms with Crippen molar-refractivity contribution >= 4 is 11.5 Å². The zero-order chi connectivity index (χ0) is 13.8. The van der Waals surface area contributed by atoms with Crippen molar-refractivity contribution in [2.75, 3.05) is 17.6 Å². The van der Waals surface area contributed by atoms with Gasteiger partial charge < -0.3 is 11.1 Å². The second-order valence-corrected chi connectivity index (χ2v) is 4.08. The van der Waals surface area contributed by atoms with E-state index < -0.39 is 11.2 Å². The first-order chi connectivity index (χ1) is 9.09. The average molecular weight is 261 g/mol. The minimum atomic E-state index is -0.530. The third-order valence-electron chi connectivity index (χ3n) is 2.78. The average Bonchev–Trinajstić information content (AvgIpc) is 2.41. The number of rotatable bonds is 4. The van der Waals surface area contributed by atoms with Crippen molar-refractivity contribution < 1.29 is 0 Å². The van der Waals surface area contributed by atoms with Crippen molar-refractivity contribution in [3.05, 3.63) is 50.9 Å². The van der Waals surface area contributed by atoms with Crippen LogP contribution in [-0.2, 0) is 13.5 Å². The van der Waals surface area contributed by atoms with E-state index in [2.05, 4.69) is 15.3 Å². The van der Waals surface area contributed by atoms with Crippen LogP contribution in [0.15, 0.2) is 34.0 Å². The molecule has 0 fully saturated rings. The minimum absolute atomic E-state index is 0.120. The summed E-state index contributed by atoms with van der Waals surface area (Å²) in [7, 11) is 1.50. The Balaban J connectivity index is 2.11. The fraction of sp³-hybridized carbons (Fsp3) is 0.250. The lowest BCUT2D eigenvalue weighted by molar-refractivity contribution is 0.811. The van der Waals surface area contributed by atoms with Gasteiger partial charge in [0.25, 0.3) is 5.56 Å². The summed E-state index contributed by atoms with van der Waals surface area (Å²) in [6.07, 6.45) is 2.37. The van der Waals surface area contributed by atoms with Gasteiger partial charge in [-0.2, -0.15) is 0 Å². The molecule has 0 aliphatic carbocycles. The third kappa shape index (κ3) is 2.82. The molecule has 2 aromatic heterocycles. The zero-order valence-corrected chi connectivity index (χ0v) is 10.5. The van der Waals surface area contributed by atoms with E-state index in [1.54, 1.807) is 6.20 Å². The van der Waals surface area contributed by atoms with Crippen LogP contribution < -0.4 is 22.3 Å². The molecule has 0 aliphatic heterocycles. The zero-order valence-electron chi connectivity index (χ0n) is 10.5. The number of aromatic amines is 1. The summed E-state index contributed by atoms with van der Waals surface area (Å²) in [6, 6.07) is 5.64. The fourth-order valence-electron chi connectivity index (χ4n) is 1.67. The van der Waals surface area contributed by atoms with Crippen molar-refractivity contribution in [1.29, 1.82) is 0 Å². The van der Waals surface area contributed by atoms with Crippen LogP contribution in [0, 0.1) is 0 Å². The summed E-state index contributed by atoms with van der Waals surface area (Å²) in [6.45, 7) is 0.502. The predicted octanol–water partition coefficient (Wildman–Crippen LogP) is -0.295. The lowest BCUT2D eigenvalue weighted by Crippen LogP contribution is -2.32. The van der Waals surface area contributed by atoms with Crippen LogP contribution in [0.4, 0.5) is 11.5 Å². The minimum Gasteiger partial charge on any atom is -0.383 e. The van der Waals surface area contributed by atoms with Gasteiger partial charge in [-0.05, 0) is 12.1 Å². The number of anilines is 2. The molecule has 7 nitrogen and oxygen atoms in total. The molecule has 0 radical (unpaired) electrons. The predicted molar refractivity (Wildman–Crippen MR) is 73.1 cm³/mol. The Hall–Kier alpha value is -2.57. The van der Waals surface area contributed by atoms with Gasteiger partial charge in [0.2, 0.25) is 0 Å². The second-order valence-electron chi connectivity index (χ2n) is 4.08. The summed E-state index contributed by atoms with van der Waals surface area (Å²) in [4.78, 5) is 29.3.